The predicted molar refractivity (Wildman–Crippen MR) is 52.9 cm³/mol. The van der Waals surface area contributed by atoms with Crippen molar-refractivity contribution in [1.82, 2.24) is 10.3 Å². The topological polar surface area (TPSA) is 28.2 Å². The van der Waals surface area contributed by atoms with E-state index < -0.39 is 0 Å². The maximum absolute atomic E-state index is 3.97. The minimum Gasteiger partial charge on any atom is -0.369 e. The summed E-state index contributed by atoms with van der Waals surface area (Å²) in [5, 5.41) is 3.34. The van der Waals surface area contributed by atoms with Gasteiger partial charge in [-0.15, -0.1) is 0 Å². The van der Waals surface area contributed by atoms with Crippen molar-refractivity contribution in [2.45, 2.75) is 6.92 Å². The van der Waals surface area contributed by atoms with Crippen LogP contribution in [0.15, 0.2) is 12.3 Å². The summed E-state index contributed by atoms with van der Waals surface area (Å²) in [6.07, 6.45) is 4.79. The average Bonchev–Trinajstić information content (AvgIpc) is 2.20. The normalized spacial score (nSPS) is 17.5. The minimum atomic E-state index is 1.07. The van der Waals surface area contributed by atoms with Gasteiger partial charge < -0.3 is 10.2 Å². The van der Waals surface area contributed by atoms with Crippen LogP contribution >= 0.6 is 0 Å². The Morgan fingerprint density at radius 3 is 2.92 bits per heavy atom. The van der Waals surface area contributed by atoms with Gasteiger partial charge in [-0.05, 0) is 13.0 Å². The van der Waals surface area contributed by atoms with Gasteiger partial charge in [0, 0.05) is 43.6 Å². The molecule has 2 rings (SSSR count). The van der Waals surface area contributed by atoms with E-state index in [1.54, 1.807) is 0 Å². The molecular weight excluding hydrogens is 162 g/mol. The lowest BCUT2D eigenvalue weighted by Gasteiger charge is -2.30. The van der Waals surface area contributed by atoms with Gasteiger partial charge in [-0.25, -0.2) is 0 Å². The van der Waals surface area contributed by atoms with E-state index in [1.165, 1.54) is 5.69 Å². The molecule has 13 heavy (non-hydrogen) atoms. The zero-order valence-electron chi connectivity index (χ0n) is 7.88. The summed E-state index contributed by atoms with van der Waals surface area (Å²) in [7, 11) is 0. The number of hydrogen-bond donors (Lipinski definition) is 1. The summed E-state index contributed by atoms with van der Waals surface area (Å²) in [6.45, 7) is 6.37. The number of hydrogen-bond acceptors (Lipinski definition) is 3. The summed E-state index contributed by atoms with van der Waals surface area (Å²) in [4.78, 5) is 6.35. The first-order valence-electron chi connectivity index (χ1n) is 4.67. The minimum absolute atomic E-state index is 1.07. The van der Waals surface area contributed by atoms with Gasteiger partial charge in [0.15, 0.2) is 0 Å². The number of nitrogens with zero attached hydrogens (tertiary/aromatic N) is 2. The molecule has 0 aromatic carbocycles. The van der Waals surface area contributed by atoms with Crippen LogP contribution in [0.4, 0.5) is 5.69 Å². The molecule has 1 saturated heterocycles. The standard InChI is InChI=1S/C10H14N3/c1-9-8-12-3-2-10(9)13-6-4-11-5-7-13/h2-3,11H,4-7H2,1H3. The molecule has 69 valence electrons. The van der Waals surface area contributed by atoms with Crippen molar-refractivity contribution in [3.05, 3.63) is 24.0 Å². The van der Waals surface area contributed by atoms with Crippen LogP contribution in [-0.2, 0) is 0 Å². The fourth-order valence-electron chi connectivity index (χ4n) is 1.67. The molecule has 3 nitrogen and oxygen atoms in total. The zero-order valence-corrected chi connectivity index (χ0v) is 7.88. The first-order valence-corrected chi connectivity index (χ1v) is 4.67. The molecule has 1 aliphatic rings. The second-order valence-electron chi connectivity index (χ2n) is 3.30. The zero-order chi connectivity index (χ0) is 9.10. The highest BCUT2D eigenvalue weighted by Crippen LogP contribution is 2.17. The fraction of sp³-hybridized carbons (Fsp3) is 0.500. The maximum atomic E-state index is 3.97. The second-order valence-corrected chi connectivity index (χ2v) is 3.30. The molecule has 0 bridgehead atoms. The molecule has 1 radical (unpaired) electrons. The molecule has 0 atom stereocenters. The molecular formula is C10H14N3. The third kappa shape index (κ3) is 1.80. The van der Waals surface area contributed by atoms with Gasteiger partial charge in [-0.2, -0.15) is 0 Å². The molecule has 1 aromatic rings. The van der Waals surface area contributed by atoms with Crippen molar-refractivity contribution in [2.75, 3.05) is 31.1 Å². The van der Waals surface area contributed by atoms with Crippen LogP contribution in [0.5, 0.6) is 0 Å². The van der Waals surface area contributed by atoms with E-state index in [0.29, 0.717) is 0 Å². The SMILES string of the molecule is Cc1[c]nccc1N1CCNCC1. The lowest BCUT2D eigenvalue weighted by Crippen LogP contribution is -2.43. The average molecular weight is 176 g/mol. The van der Waals surface area contributed by atoms with Crippen molar-refractivity contribution in [1.29, 1.82) is 0 Å². The Morgan fingerprint density at radius 2 is 2.23 bits per heavy atom. The van der Waals surface area contributed by atoms with Crippen LogP contribution in [0.1, 0.15) is 5.56 Å². The molecule has 0 spiro atoms. The second kappa shape index (κ2) is 3.75. The quantitative estimate of drug-likeness (QED) is 0.679. The fourth-order valence-corrected chi connectivity index (χ4v) is 1.67. The van der Waals surface area contributed by atoms with Gasteiger partial charge in [0.25, 0.3) is 0 Å². The number of nitrogens with one attached hydrogen (secondary N) is 1. The van der Waals surface area contributed by atoms with Gasteiger partial charge in [-0.1, -0.05) is 0 Å². The maximum Gasteiger partial charge on any atom is 0.0939 e. The summed E-state index contributed by atoms with van der Waals surface area (Å²) in [6, 6.07) is 2.07. The highest BCUT2D eigenvalue weighted by molar-refractivity contribution is 5.51. The monoisotopic (exact) mass is 176 g/mol. The predicted octanol–water partition coefficient (Wildman–Crippen LogP) is 0.600. The lowest BCUT2D eigenvalue weighted by atomic mass is 10.2. The summed E-state index contributed by atoms with van der Waals surface area (Å²) in [5.41, 5.74) is 2.42. The van der Waals surface area contributed by atoms with Crippen LogP contribution in [0.3, 0.4) is 0 Å². The summed E-state index contributed by atoms with van der Waals surface area (Å²) < 4.78 is 0. The molecule has 1 fully saturated rings. The van der Waals surface area contributed by atoms with Gasteiger partial charge >= 0.3 is 0 Å². The van der Waals surface area contributed by atoms with Crippen LogP contribution < -0.4 is 10.2 Å². The third-order valence-electron chi connectivity index (χ3n) is 2.38. The molecule has 0 aliphatic carbocycles. The van der Waals surface area contributed by atoms with E-state index in [2.05, 4.69) is 34.4 Å². The molecule has 1 N–H and O–H groups in total. The summed E-state index contributed by atoms with van der Waals surface area (Å²) in [5.74, 6) is 0. The van der Waals surface area contributed by atoms with Gasteiger partial charge in [0.1, 0.15) is 0 Å². The van der Waals surface area contributed by atoms with Crippen molar-refractivity contribution >= 4 is 5.69 Å². The van der Waals surface area contributed by atoms with Gasteiger partial charge in [0.2, 0.25) is 0 Å². The van der Waals surface area contributed by atoms with E-state index in [0.717, 1.165) is 31.7 Å². The highest BCUT2D eigenvalue weighted by atomic mass is 15.2. The Bertz CT molecular complexity index is 279. The van der Waals surface area contributed by atoms with E-state index in [1.807, 2.05) is 6.20 Å². The molecule has 1 aromatic heterocycles. The molecule has 1 aliphatic heterocycles. The van der Waals surface area contributed by atoms with Crippen LogP contribution in [0, 0.1) is 13.1 Å². The van der Waals surface area contributed by atoms with Crippen LogP contribution in [0.25, 0.3) is 0 Å². The molecule has 0 saturated carbocycles. The Labute approximate surface area is 78.8 Å². The lowest BCUT2D eigenvalue weighted by molar-refractivity contribution is 0.588. The van der Waals surface area contributed by atoms with Gasteiger partial charge in [-0.3, -0.25) is 4.98 Å². The van der Waals surface area contributed by atoms with Crippen molar-refractivity contribution in [3.8, 4) is 0 Å². The Kier molecular flexibility index (Phi) is 2.45. The third-order valence-corrected chi connectivity index (χ3v) is 2.38. The Hall–Kier alpha value is -1.09. The van der Waals surface area contributed by atoms with E-state index in [9.17, 15) is 0 Å². The Morgan fingerprint density at radius 1 is 1.46 bits per heavy atom. The van der Waals surface area contributed by atoms with E-state index in [4.69, 9.17) is 0 Å². The number of piperazine rings is 1. The van der Waals surface area contributed by atoms with Crippen molar-refractivity contribution < 1.29 is 0 Å². The van der Waals surface area contributed by atoms with Crippen LogP contribution in [-0.4, -0.2) is 31.2 Å². The van der Waals surface area contributed by atoms with Crippen molar-refractivity contribution in [2.24, 2.45) is 0 Å². The molecule has 3 heteroatoms. The van der Waals surface area contributed by atoms with Crippen LogP contribution in [0.2, 0.25) is 0 Å². The molecule has 0 amide bonds. The number of aromatic nitrogens is 1. The van der Waals surface area contributed by atoms with Gasteiger partial charge in [0.05, 0.1) is 6.20 Å². The van der Waals surface area contributed by atoms with E-state index >= 15 is 0 Å². The highest BCUT2D eigenvalue weighted by Gasteiger charge is 2.11. The summed E-state index contributed by atoms with van der Waals surface area (Å²) >= 11 is 0. The largest absolute Gasteiger partial charge is 0.369 e. The number of rotatable bonds is 1. The smallest absolute Gasteiger partial charge is 0.0939 e. The number of aryl methyl sites for hydroxylation is 1. The number of anilines is 1. The molecule has 0 unspecified atom stereocenters. The van der Waals surface area contributed by atoms with E-state index in [-0.39, 0.29) is 0 Å². The first kappa shape index (κ1) is 8.51. The Balaban J connectivity index is 2.18. The number of pyridine rings is 1. The first-order chi connectivity index (χ1) is 6.38. The molecule has 2 heterocycles. The van der Waals surface area contributed by atoms with Crippen molar-refractivity contribution in [3.63, 3.8) is 0 Å².